The van der Waals surface area contributed by atoms with Crippen molar-refractivity contribution < 1.29 is 4.79 Å². The molecule has 0 atom stereocenters. The van der Waals surface area contributed by atoms with Gasteiger partial charge in [0.1, 0.15) is 18.0 Å². The lowest BCUT2D eigenvalue weighted by molar-refractivity contribution is -0.130. The molecule has 6 nitrogen and oxygen atoms in total. The minimum atomic E-state index is 0.168. The Hall–Kier alpha value is -1.85. The van der Waals surface area contributed by atoms with E-state index in [1.807, 2.05) is 32.6 Å². The second-order valence-electron chi connectivity index (χ2n) is 4.47. The largest absolute Gasteiger partial charge is 0.370 e. The SMILES string of the molecule is CCNc1ncnc(NCCC(=O)N(CC)CC)c1C. The van der Waals surface area contributed by atoms with Crippen molar-refractivity contribution in [3.05, 3.63) is 11.9 Å². The van der Waals surface area contributed by atoms with Crippen molar-refractivity contribution in [1.82, 2.24) is 14.9 Å². The zero-order valence-electron chi connectivity index (χ0n) is 12.9. The third-order valence-corrected chi connectivity index (χ3v) is 3.18. The molecule has 112 valence electrons. The third kappa shape index (κ3) is 4.36. The van der Waals surface area contributed by atoms with Crippen LogP contribution in [-0.4, -0.2) is 47.0 Å². The smallest absolute Gasteiger partial charge is 0.224 e. The molecular weight excluding hydrogens is 254 g/mol. The van der Waals surface area contributed by atoms with Gasteiger partial charge >= 0.3 is 0 Å². The van der Waals surface area contributed by atoms with E-state index in [2.05, 4.69) is 20.6 Å². The van der Waals surface area contributed by atoms with Crippen LogP contribution in [-0.2, 0) is 4.79 Å². The molecule has 0 fully saturated rings. The normalized spacial score (nSPS) is 10.2. The number of carbonyl (C=O) groups excluding carboxylic acids is 1. The number of rotatable bonds is 8. The Labute approximate surface area is 121 Å². The maximum absolute atomic E-state index is 11.9. The molecule has 0 bridgehead atoms. The van der Waals surface area contributed by atoms with Crippen LogP contribution in [0.2, 0.25) is 0 Å². The van der Waals surface area contributed by atoms with Crippen molar-refractivity contribution in [2.45, 2.75) is 34.1 Å². The Kier molecular flexibility index (Phi) is 6.76. The highest BCUT2D eigenvalue weighted by Gasteiger charge is 2.10. The summed E-state index contributed by atoms with van der Waals surface area (Å²) in [6.45, 7) is 10.9. The van der Waals surface area contributed by atoms with Crippen LogP contribution in [0.25, 0.3) is 0 Å². The number of hydrogen-bond donors (Lipinski definition) is 2. The summed E-state index contributed by atoms with van der Waals surface area (Å²) in [6.07, 6.45) is 2.00. The van der Waals surface area contributed by atoms with Crippen LogP contribution < -0.4 is 10.6 Å². The number of anilines is 2. The van der Waals surface area contributed by atoms with Crippen molar-refractivity contribution in [3.8, 4) is 0 Å². The first-order valence-electron chi connectivity index (χ1n) is 7.21. The summed E-state index contributed by atoms with van der Waals surface area (Å²) >= 11 is 0. The molecule has 20 heavy (non-hydrogen) atoms. The van der Waals surface area contributed by atoms with Crippen LogP contribution in [0.4, 0.5) is 11.6 Å². The van der Waals surface area contributed by atoms with E-state index in [0.29, 0.717) is 13.0 Å². The number of carbonyl (C=O) groups is 1. The first-order chi connectivity index (χ1) is 9.63. The molecule has 1 heterocycles. The second kappa shape index (κ2) is 8.35. The fourth-order valence-electron chi connectivity index (χ4n) is 2.00. The summed E-state index contributed by atoms with van der Waals surface area (Å²) in [4.78, 5) is 22.1. The Morgan fingerprint density at radius 1 is 1.15 bits per heavy atom. The molecule has 0 saturated heterocycles. The molecule has 0 spiro atoms. The van der Waals surface area contributed by atoms with Gasteiger partial charge in [0.2, 0.25) is 5.91 Å². The Bertz CT molecular complexity index is 432. The van der Waals surface area contributed by atoms with Crippen molar-refractivity contribution in [1.29, 1.82) is 0 Å². The number of nitrogens with zero attached hydrogens (tertiary/aromatic N) is 3. The number of aromatic nitrogens is 2. The Morgan fingerprint density at radius 2 is 1.75 bits per heavy atom. The van der Waals surface area contributed by atoms with Gasteiger partial charge in [0.25, 0.3) is 0 Å². The average Bonchev–Trinajstić information content (AvgIpc) is 2.44. The van der Waals surface area contributed by atoms with E-state index in [1.54, 1.807) is 0 Å². The van der Waals surface area contributed by atoms with E-state index in [-0.39, 0.29) is 5.91 Å². The van der Waals surface area contributed by atoms with Gasteiger partial charge in [-0.05, 0) is 27.7 Å². The molecule has 0 radical (unpaired) electrons. The number of hydrogen-bond acceptors (Lipinski definition) is 5. The molecule has 0 unspecified atom stereocenters. The van der Waals surface area contributed by atoms with Crippen molar-refractivity contribution >= 4 is 17.5 Å². The molecular formula is C14H25N5O. The standard InChI is InChI=1S/C14H25N5O/c1-5-15-13-11(4)14(18-10-17-13)16-9-8-12(20)19(6-2)7-3/h10H,5-9H2,1-4H3,(H2,15,16,17,18). The zero-order valence-corrected chi connectivity index (χ0v) is 12.9. The Morgan fingerprint density at radius 3 is 2.30 bits per heavy atom. The zero-order chi connectivity index (χ0) is 15.0. The van der Waals surface area contributed by atoms with Crippen molar-refractivity contribution in [3.63, 3.8) is 0 Å². The highest BCUT2D eigenvalue weighted by molar-refractivity contribution is 5.76. The van der Waals surface area contributed by atoms with E-state index in [4.69, 9.17) is 0 Å². The molecule has 0 aliphatic rings. The minimum absolute atomic E-state index is 0.168. The highest BCUT2D eigenvalue weighted by Crippen LogP contribution is 2.17. The molecule has 2 N–H and O–H groups in total. The summed E-state index contributed by atoms with van der Waals surface area (Å²) in [7, 11) is 0. The first kappa shape index (κ1) is 16.2. The van der Waals surface area contributed by atoms with E-state index >= 15 is 0 Å². The maximum Gasteiger partial charge on any atom is 0.224 e. The van der Waals surface area contributed by atoms with Gasteiger partial charge in [0.15, 0.2) is 0 Å². The van der Waals surface area contributed by atoms with Crippen molar-refractivity contribution in [2.75, 3.05) is 36.8 Å². The lowest BCUT2D eigenvalue weighted by atomic mass is 10.3. The van der Waals surface area contributed by atoms with Crippen molar-refractivity contribution in [2.24, 2.45) is 0 Å². The molecule has 1 aromatic heterocycles. The van der Waals surface area contributed by atoms with E-state index in [9.17, 15) is 4.79 Å². The molecule has 1 amide bonds. The van der Waals surface area contributed by atoms with Gasteiger partial charge in [-0.15, -0.1) is 0 Å². The van der Waals surface area contributed by atoms with E-state index in [1.165, 1.54) is 6.33 Å². The third-order valence-electron chi connectivity index (χ3n) is 3.18. The van der Waals surface area contributed by atoms with Crippen LogP contribution in [0.15, 0.2) is 6.33 Å². The molecule has 0 aliphatic carbocycles. The molecule has 0 aliphatic heterocycles. The molecule has 0 saturated carbocycles. The van der Waals surface area contributed by atoms with E-state index < -0.39 is 0 Å². The fraction of sp³-hybridized carbons (Fsp3) is 0.643. The summed E-state index contributed by atoms with van der Waals surface area (Å²) in [6, 6.07) is 0. The lowest BCUT2D eigenvalue weighted by Crippen LogP contribution is -2.31. The predicted molar refractivity (Wildman–Crippen MR) is 82.0 cm³/mol. The first-order valence-corrected chi connectivity index (χ1v) is 7.21. The number of nitrogens with one attached hydrogen (secondary N) is 2. The summed E-state index contributed by atoms with van der Waals surface area (Å²) < 4.78 is 0. The maximum atomic E-state index is 11.9. The topological polar surface area (TPSA) is 70.1 Å². The van der Waals surface area contributed by atoms with Crippen LogP contribution in [0, 0.1) is 6.92 Å². The van der Waals surface area contributed by atoms with Crippen LogP contribution in [0.5, 0.6) is 0 Å². The molecule has 6 heteroatoms. The molecule has 0 aromatic carbocycles. The van der Waals surface area contributed by atoms with Gasteiger partial charge in [0, 0.05) is 38.2 Å². The highest BCUT2D eigenvalue weighted by atomic mass is 16.2. The summed E-state index contributed by atoms with van der Waals surface area (Å²) in [5, 5.41) is 6.39. The summed E-state index contributed by atoms with van der Waals surface area (Å²) in [5.74, 6) is 1.78. The van der Waals surface area contributed by atoms with E-state index in [0.717, 1.165) is 36.8 Å². The average molecular weight is 279 g/mol. The fourth-order valence-corrected chi connectivity index (χ4v) is 2.00. The number of amides is 1. The summed E-state index contributed by atoms with van der Waals surface area (Å²) in [5.41, 5.74) is 0.977. The van der Waals surface area contributed by atoms with Gasteiger partial charge < -0.3 is 15.5 Å². The molecule has 1 rings (SSSR count). The van der Waals surface area contributed by atoms with Gasteiger partial charge in [-0.3, -0.25) is 4.79 Å². The van der Waals surface area contributed by atoms with Gasteiger partial charge in [-0.2, -0.15) is 0 Å². The van der Waals surface area contributed by atoms with Gasteiger partial charge in [-0.25, -0.2) is 9.97 Å². The minimum Gasteiger partial charge on any atom is -0.370 e. The van der Waals surface area contributed by atoms with Gasteiger partial charge in [0.05, 0.1) is 0 Å². The predicted octanol–water partition coefficient (Wildman–Crippen LogP) is 1.89. The van der Waals surface area contributed by atoms with Crippen LogP contribution in [0.1, 0.15) is 32.8 Å². The van der Waals surface area contributed by atoms with Gasteiger partial charge in [-0.1, -0.05) is 0 Å². The monoisotopic (exact) mass is 279 g/mol. The Balaban J connectivity index is 2.54. The molecule has 1 aromatic rings. The lowest BCUT2D eigenvalue weighted by Gasteiger charge is -2.19. The quantitative estimate of drug-likeness (QED) is 0.760. The second-order valence-corrected chi connectivity index (χ2v) is 4.47. The van der Waals surface area contributed by atoms with Crippen LogP contribution in [0.3, 0.4) is 0 Å². The van der Waals surface area contributed by atoms with Crippen LogP contribution >= 0.6 is 0 Å².